The van der Waals surface area contributed by atoms with E-state index in [9.17, 15) is 9.59 Å². The summed E-state index contributed by atoms with van der Waals surface area (Å²) in [6.07, 6.45) is 6.88. The second kappa shape index (κ2) is 8.39. The van der Waals surface area contributed by atoms with Crippen molar-refractivity contribution in [3.05, 3.63) is 30.5 Å². The van der Waals surface area contributed by atoms with Crippen molar-refractivity contribution < 1.29 is 19.8 Å². The first-order valence-corrected chi connectivity index (χ1v) is 7.86. The van der Waals surface area contributed by atoms with Crippen LogP contribution >= 0.6 is 0 Å². The molecule has 8 heteroatoms. The van der Waals surface area contributed by atoms with Crippen molar-refractivity contribution in [2.75, 3.05) is 25.0 Å². The second-order valence-corrected chi connectivity index (χ2v) is 5.90. The summed E-state index contributed by atoms with van der Waals surface area (Å²) in [6, 6.07) is 5.44. The van der Waals surface area contributed by atoms with Gasteiger partial charge in [-0.15, -0.1) is 5.10 Å². The number of hydrogen-bond donors (Lipinski definition) is 2. The van der Waals surface area contributed by atoms with Gasteiger partial charge in [0.15, 0.2) is 5.82 Å². The molecule has 0 saturated carbocycles. The van der Waals surface area contributed by atoms with Crippen LogP contribution in [0.4, 0.5) is 5.82 Å². The summed E-state index contributed by atoms with van der Waals surface area (Å²) in [7, 11) is 2.27. The molecule has 0 aromatic carbocycles. The standard InChI is InChI=1S/C12H18N4.C4H4O4/c1-15-10-4-2-5-11(15)9-16(8-10)12-6-3-7-13-14-12;5-3(6)1-2-4(7)8/h3,6-7,10-11H,2,4-5,8-9H2,1H3;1-2H,(H,5,6)(H,7,8)/b;2-1+. The first-order valence-electron chi connectivity index (χ1n) is 7.86. The molecule has 2 fully saturated rings. The molecule has 2 N–H and O–H groups in total. The van der Waals surface area contributed by atoms with Crippen LogP contribution in [0, 0.1) is 0 Å². The number of aromatic nitrogens is 2. The molecule has 1 aromatic rings. The van der Waals surface area contributed by atoms with Crippen molar-refractivity contribution in [1.29, 1.82) is 0 Å². The Kier molecular flexibility index (Phi) is 6.25. The molecule has 2 bridgehead atoms. The normalized spacial score (nSPS) is 23.5. The van der Waals surface area contributed by atoms with Crippen LogP contribution in [0.3, 0.4) is 0 Å². The van der Waals surface area contributed by atoms with Gasteiger partial charge < -0.3 is 15.1 Å². The van der Waals surface area contributed by atoms with Crippen molar-refractivity contribution in [2.24, 2.45) is 0 Å². The highest BCUT2D eigenvalue weighted by atomic mass is 16.4. The van der Waals surface area contributed by atoms with Gasteiger partial charge in [-0.2, -0.15) is 5.10 Å². The lowest BCUT2D eigenvalue weighted by atomic mass is 9.92. The molecular weight excluding hydrogens is 312 g/mol. The third kappa shape index (κ3) is 5.02. The van der Waals surface area contributed by atoms with E-state index in [-0.39, 0.29) is 0 Å². The van der Waals surface area contributed by atoms with Crippen molar-refractivity contribution >= 4 is 17.8 Å². The van der Waals surface area contributed by atoms with Crippen molar-refractivity contribution in [3.8, 4) is 0 Å². The first-order chi connectivity index (χ1) is 11.5. The van der Waals surface area contributed by atoms with E-state index in [1.54, 1.807) is 6.20 Å². The lowest BCUT2D eigenvalue weighted by Gasteiger charge is -2.48. The molecule has 3 rings (SSSR count). The Balaban J connectivity index is 0.000000224. The molecule has 0 spiro atoms. The number of piperazine rings is 1. The zero-order valence-electron chi connectivity index (χ0n) is 13.6. The summed E-state index contributed by atoms with van der Waals surface area (Å²) in [5.74, 6) is -1.48. The number of likely N-dealkylation sites (N-methyl/N-ethyl adjacent to an activating group) is 1. The maximum Gasteiger partial charge on any atom is 0.328 e. The third-order valence-corrected chi connectivity index (χ3v) is 4.34. The molecule has 2 atom stereocenters. The number of carboxylic acid groups (broad SMARTS) is 2. The van der Waals surface area contributed by atoms with Gasteiger partial charge >= 0.3 is 11.9 Å². The van der Waals surface area contributed by atoms with E-state index in [0.29, 0.717) is 24.2 Å². The fraction of sp³-hybridized carbons (Fsp3) is 0.500. The first kappa shape index (κ1) is 17.9. The summed E-state index contributed by atoms with van der Waals surface area (Å²) in [5, 5.41) is 23.8. The number of anilines is 1. The minimum absolute atomic E-state index is 0.558. The number of nitrogens with zero attached hydrogens (tertiary/aromatic N) is 4. The zero-order chi connectivity index (χ0) is 17.5. The Bertz CT molecular complexity index is 563. The predicted molar refractivity (Wildman–Crippen MR) is 87.8 cm³/mol. The summed E-state index contributed by atoms with van der Waals surface area (Å²) in [4.78, 5) is 24.0. The molecule has 2 aliphatic rings. The van der Waals surface area contributed by atoms with Crippen molar-refractivity contribution in [1.82, 2.24) is 15.1 Å². The summed E-state index contributed by atoms with van der Waals surface area (Å²) in [5.41, 5.74) is 0. The number of rotatable bonds is 3. The summed E-state index contributed by atoms with van der Waals surface area (Å²) in [6.45, 7) is 2.21. The fourth-order valence-electron chi connectivity index (χ4n) is 3.11. The van der Waals surface area contributed by atoms with Gasteiger partial charge in [0, 0.05) is 43.5 Å². The minimum Gasteiger partial charge on any atom is -0.478 e. The molecule has 0 aliphatic carbocycles. The van der Waals surface area contributed by atoms with Crippen LogP contribution in [0.1, 0.15) is 19.3 Å². The van der Waals surface area contributed by atoms with Crippen LogP contribution in [0.5, 0.6) is 0 Å². The molecule has 130 valence electrons. The van der Waals surface area contributed by atoms with Gasteiger partial charge in [0.1, 0.15) is 0 Å². The van der Waals surface area contributed by atoms with E-state index < -0.39 is 11.9 Å². The number of carbonyl (C=O) groups is 2. The largest absolute Gasteiger partial charge is 0.478 e. The average molecular weight is 334 g/mol. The molecule has 1 aromatic heterocycles. The number of carboxylic acids is 2. The highest BCUT2D eigenvalue weighted by Gasteiger charge is 2.35. The van der Waals surface area contributed by atoms with Crippen LogP contribution in [0.2, 0.25) is 0 Å². The minimum atomic E-state index is -1.26. The van der Waals surface area contributed by atoms with E-state index in [0.717, 1.165) is 18.9 Å². The van der Waals surface area contributed by atoms with E-state index in [2.05, 4.69) is 33.1 Å². The van der Waals surface area contributed by atoms with Crippen molar-refractivity contribution in [2.45, 2.75) is 31.3 Å². The van der Waals surface area contributed by atoms with Crippen molar-refractivity contribution in [3.63, 3.8) is 0 Å². The SMILES string of the molecule is CN1C2CCCC1CN(c1cccnn1)C2.O=C(O)/C=C/C(=O)O. The second-order valence-electron chi connectivity index (χ2n) is 5.90. The molecule has 0 radical (unpaired) electrons. The predicted octanol–water partition coefficient (Wildman–Crippen LogP) is 0.861. The summed E-state index contributed by atoms with van der Waals surface area (Å²) < 4.78 is 0. The van der Waals surface area contributed by atoms with Crippen LogP contribution in [-0.2, 0) is 9.59 Å². The van der Waals surface area contributed by atoms with Gasteiger partial charge in [0.25, 0.3) is 0 Å². The molecule has 2 unspecified atom stereocenters. The highest BCUT2D eigenvalue weighted by molar-refractivity contribution is 5.89. The third-order valence-electron chi connectivity index (χ3n) is 4.34. The Morgan fingerprint density at radius 3 is 2.21 bits per heavy atom. The number of hydrogen-bond acceptors (Lipinski definition) is 6. The fourth-order valence-corrected chi connectivity index (χ4v) is 3.11. The van der Waals surface area contributed by atoms with Gasteiger partial charge in [-0.05, 0) is 32.0 Å². The number of fused-ring (bicyclic) bond motifs is 2. The Morgan fingerprint density at radius 1 is 1.17 bits per heavy atom. The Hall–Kier alpha value is -2.48. The lowest BCUT2D eigenvalue weighted by molar-refractivity contribution is -0.134. The zero-order valence-corrected chi connectivity index (χ0v) is 13.6. The van der Waals surface area contributed by atoms with Crippen LogP contribution < -0.4 is 4.90 Å². The van der Waals surface area contributed by atoms with Gasteiger partial charge in [-0.3, -0.25) is 4.90 Å². The van der Waals surface area contributed by atoms with Gasteiger partial charge in [0.2, 0.25) is 0 Å². The average Bonchev–Trinajstić information content (AvgIpc) is 2.54. The van der Waals surface area contributed by atoms with Crippen LogP contribution in [0.15, 0.2) is 30.5 Å². The molecule has 0 amide bonds. The van der Waals surface area contributed by atoms with Gasteiger partial charge in [-0.25, -0.2) is 9.59 Å². The molecular formula is C16H22N4O4. The van der Waals surface area contributed by atoms with E-state index in [1.165, 1.54) is 19.3 Å². The maximum atomic E-state index is 9.55. The van der Waals surface area contributed by atoms with E-state index in [4.69, 9.17) is 10.2 Å². The highest BCUT2D eigenvalue weighted by Crippen LogP contribution is 2.28. The topological polar surface area (TPSA) is 107 Å². The molecule has 24 heavy (non-hydrogen) atoms. The van der Waals surface area contributed by atoms with Crippen LogP contribution in [0.25, 0.3) is 0 Å². The Labute approximate surface area is 140 Å². The van der Waals surface area contributed by atoms with Gasteiger partial charge in [-0.1, -0.05) is 6.42 Å². The number of aliphatic carboxylic acids is 2. The monoisotopic (exact) mass is 334 g/mol. The Morgan fingerprint density at radius 2 is 1.75 bits per heavy atom. The van der Waals surface area contributed by atoms with E-state index in [1.807, 2.05) is 6.07 Å². The van der Waals surface area contributed by atoms with Crippen LogP contribution in [-0.4, -0.2) is 69.5 Å². The smallest absolute Gasteiger partial charge is 0.328 e. The van der Waals surface area contributed by atoms with Gasteiger partial charge in [0.05, 0.1) is 0 Å². The quantitative estimate of drug-likeness (QED) is 0.784. The molecule has 8 nitrogen and oxygen atoms in total. The summed E-state index contributed by atoms with van der Waals surface area (Å²) >= 11 is 0. The maximum absolute atomic E-state index is 9.55. The molecule has 3 heterocycles. The molecule has 2 saturated heterocycles. The number of piperidine rings is 1. The molecule has 2 aliphatic heterocycles. The van der Waals surface area contributed by atoms with E-state index >= 15 is 0 Å². The lowest BCUT2D eigenvalue weighted by Crippen LogP contribution is -2.59.